The summed E-state index contributed by atoms with van der Waals surface area (Å²) in [6, 6.07) is 8.13. The Morgan fingerprint density at radius 2 is 1.81 bits per heavy atom. The third-order valence-electron chi connectivity index (χ3n) is 7.44. The molecule has 172 valence electrons. The Morgan fingerprint density at radius 3 is 2.59 bits per heavy atom. The number of amides is 2. The summed E-state index contributed by atoms with van der Waals surface area (Å²) in [5, 5.41) is 1.04. The van der Waals surface area contributed by atoms with Crippen LogP contribution in [0.3, 0.4) is 0 Å². The lowest BCUT2D eigenvalue weighted by molar-refractivity contribution is -0.149. The number of nitrogens with zero attached hydrogens (tertiary/aromatic N) is 3. The van der Waals surface area contributed by atoms with Gasteiger partial charge >= 0.3 is 0 Å². The molecule has 1 atom stereocenters. The number of hydrogen-bond donors (Lipinski definition) is 0. The highest BCUT2D eigenvalue weighted by Gasteiger charge is 2.41. The number of carbonyl (C=O) groups is 2. The number of carbonyl (C=O) groups excluding carboxylic acids is 2. The van der Waals surface area contributed by atoms with Gasteiger partial charge in [-0.05, 0) is 56.6 Å². The van der Waals surface area contributed by atoms with E-state index in [1.807, 2.05) is 28.0 Å². The molecule has 0 aliphatic carbocycles. The van der Waals surface area contributed by atoms with Crippen LogP contribution in [0.4, 0.5) is 0 Å². The Labute approximate surface area is 193 Å². The zero-order valence-corrected chi connectivity index (χ0v) is 19.6. The number of para-hydroxylation sites is 1. The summed E-state index contributed by atoms with van der Waals surface area (Å²) >= 11 is 1.68. The van der Waals surface area contributed by atoms with Crippen molar-refractivity contribution in [2.24, 2.45) is 5.92 Å². The van der Waals surface area contributed by atoms with Crippen LogP contribution in [0, 0.1) is 5.92 Å². The molecule has 3 aliphatic rings. The minimum Gasteiger partial charge on any atom is -0.375 e. The molecule has 1 aromatic heterocycles. The Kier molecular flexibility index (Phi) is 6.47. The van der Waals surface area contributed by atoms with E-state index in [1.165, 1.54) is 4.70 Å². The lowest BCUT2D eigenvalue weighted by Gasteiger charge is -2.46. The summed E-state index contributed by atoms with van der Waals surface area (Å²) in [5.74, 6) is 0.959. The van der Waals surface area contributed by atoms with Crippen LogP contribution in [0.15, 0.2) is 24.3 Å². The molecule has 3 fully saturated rings. The second kappa shape index (κ2) is 9.48. The van der Waals surface area contributed by atoms with Crippen molar-refractivity contribution < 1.29 is 14.3 Å². The van der Waals surface area contributed by atoms with Crippen LogP contribution in [-0.4, -0.2) is 65.0 Å². The van der Waals surface area contributed by atoms with E-state index in [2.05, 4.69) is 11.1 Å². The minimum atomic E-state index is -0.141. The maximum absolute atomic E-state index is 12.8. The smallest absolute Gasteiger partial charge is 0.222 e. The zero-order chi connectivity index (χ0) is 22.0. The Hall–Kier alpha value is -1.99. The van der Waals surface area contributed by atoms with Gasteiger partial charge in [0.1, 0.15) is 0 Å². The first-order chi connectivity index (χ1) is 15.6. The molecule has 1 aromatic carbocycles. The molecule has 4 heterocycles. The van der Waals surface area contributed by atoms with Gasteiger partial charge in [0.15, 0.2) is 0 Å². The normalized spacial score (nSPS) is 23.2. The van der Waals surface area contributed by atoms with E-state index in [0.29, 0.717) is 31.1 Å². The molecular formula is C25H33N3O3S. The highest BCUT2D eigenvalue weighted by Crippen LogP contribution is 2.39. The van der Waals surface area contributed by atoms with Crippen LogP contribution >= 0.6 is 11.3 Å². The standard InChI is InChI=1S/C25H33N3O3S/c29-23(8-7-22-26-20-5-1-2-6-21(20)32-22)28-14-10-25(11-15-28)18-19(9-16-31-25)17-24(30)27-12-3-4-13-27/h1-2,5-6,19H,3-4,7-18H2. The van der Waals surface area contributed by atoms with Gasteiger partial charge in [-0.25, -0.2) is 4.98 Å². The number of hydrogen-bond acceptors (Lipinski definition) is 5. The predicted octanol–water partition coefficient (Wildman–Crippen LogP) is 4.03. The molecule has 5 rings (SSSR count). The van der Waals surface area contributed by atoms with Gasteiger partial charge < -0.3 is 14.5 Å². The monoisotopic (exact) mass is 455 g/mol. The molecule has 3 saturated heterocycles. The van der Waals surface area contributed by atoms with Gasteiger partial charge in [0.25, 0.3) is 0 Å². The average molecular weight is 456 g/mol. The van der Waals surface area contributed by atoms with Crippen molar-refractivity contribution in [3.8, 4) is 0 Å². The molecule has 0 bridgehead atoms. The third-order valence-corrected chi connectivity index (χ3v) is 8.53. The van der Waals surface area contributed by atoms with Crippen molar-refractivity contribution in [1.82, 2.24) is 14.8 Å². The molecule has 2 amide bonds. The fraction of sp³-hybridized carbons (Fsp3) is 0.640. The molecule has 1 spiro atoms. The van der Waals surface area contributed by atoms with Crippen molar-refractivity contribution in [1.29, 1.82) is 0 Å². The summed E-state index contributed by atoms with van der Waals surface area (Å²) < 4.78 is 7.45. The molecular weight excluding hydrogens is 422 g/mol. The molecule has 0 radical (unpaired) electrons. The Balaban J connectivity index is 1.10. The number of rotatable bonds is 5. The summed E-state index contributed by atoms with van der Waals surface area (Å²) in [6.07, 6.45) is 7.88. The highest BCUT2D eigenvalue weighted by molar-refractivity contribution is 7.18. The van der Waals surface area contributed by atoms with Crippen molar-refractivity contribution in [2.45, 2.75) is 63.4 Å². The van der Waals surface area contributed by atoms with Crippen LogP contribution in [0.1, 0.15) is 56.4 Å². The first-order valence-corrected chi connectivity index (χ1v) is 13.0. The number of likely N-dealkylation sites (tertiary alicyclic amines) is 2. The minimum absolute atomic E-state index is 0.141. The third kappa shape index (κ3) is 4.84. The number of piperidine rings is 1. The summed E-state index contributed by atoms with van der Waals surface area (Å²) in [5.41, 5.74) is 0.880. The topological polar surface area (TPSA) is 62.7 Å². The number of benzene rings is 1. The quantitative estimate of drug-likeness (QED) is 0.683. The average Bonchev–Trinajstić information content (AvgIpc) is 3.48. The Bertz CT molecular complexity index is 927. The summed E-state index contributed by atoms with van der Waals surface area (Å²) in [6.45, 7) is 4.11. The van der Waals surface area contributed by atoms with Crippen LogP contribution in [-0.2, 0) is 20.7 Å². The second-order valence-electron chi connectivity index (χ2n) is 9.64. The van der Waals surface area contributed by atoms with Gasteiger partial charge in [0, 0.05) is 52.0 Å². The highest BCUT2D eigenvalue weighted by atomic mass is 32.1. The largest absolute Gasteiger partial charge is 0.375 e. The molecule has 7 heteroatoms. The van der Waals surface area contributed by atoms with Crippen LogP contribution in [0.5, 0.6) is 0 Å². The number of aryl methyl sites for hydroxylation is 1. The van der Waals surface area contributed by atoms with Crippen molar-refractivity contribution in [3.05, 3.63) is 29.3 Å². The number of thiazole rings is 1. The summed E-state index contributed by atoms with van der Waals surface area (Å²) in [4.78, 5) is 34.1. The zero-order valence-electron chi connectivity index (χ0n) is 18.8. The van der Waals surface area contributed by atoms with Gasteiger partial charge in [-0.1, -0.05) is 12.1 Å². The Morgan fingerprint density at radius 1 is 1.06 bits per heavy atom. The molecule has 6 nitrogen and oxygen atoms in total. The van der Waals surface area contributed by atoms with E-state index >= 15 is 0 Å². The lowest BCUT2D eigenvalue weighted by Crippen LogP contribution is -2.51. The van der Waals surface area contributed by atoms with Crippen molar-refractivity contribution in [2.75, 3.05) is 32.8 Å². The molecule has 0 N–H and O–H groups in total. The lowest BCUT2D eigenvalue weighted by atomic mass is 9.78. The van der Waals surface area contributed by atoms with Crippen LogP contribution in [0.2, 0.25) is 0 Å². The maximum Gasteiger partial charge on any atom is 0.222 e. The SMILES string of the molecule is O=C(CCc1nc2ccccc2s1)N1CCC2(CC1)CC(CC(=O)N1CCCC1)CCO2. The number of ether oxygens (including phenoxy) is 1. The van der Waals surface area contributed by atoms with Gasteiger partial charge in [-0.3, -0.25) is 9.59 Å². The van der Waals surface area contributed by atoms with E-state index in [9.17, 15) is 9.59 Å². The fourth-order valence-corrected chi connectivity index (χ4v) is 6.52. The first-order valence-electron chi connectivity index (χ1n) is 12.1. The van der Waals surface area contributed by atoms with E-state index < -0.39 is 0 Å². The van der Waals surface area contributed by atoms with Gasteiger partial charge in [0.2, 0.25) is 11.8 Å². The van der Waals surface area contributed by atoms with E-state index in [-0.39, 0.29) is 11.5 Å². The number of fused-ring (bicyclic) bond motifs is 1. The van der Waals surface area contributed by atoms with Crippen molar-refractivity contribution in [3.63, 3.8) is 0 Å². The molecule has 1 unspecified atom stereocenters. The van der Waals surface area contributed by atoms with Crippen LogP contribution < -0.4 is 0 Å². The predicted molar refractivity (Wildman–Crippen MR) is 126 cm³/mol. The van der Waals surface area contributed by atoms with E-state index in [1.54, 1.807) is 11.3 Å². The molecule has 0 saturated carbocycles. The molecule has 3 aliphatic heterocycles. The second-order valence-corrected chi connectivity index (χ2v) is 10.8. The fourth-order valence-electron chi connectivity index (χ4n) is 5.56. The van der Waals surface area contributed by atoms with E-state index in [0.717, 1.165) is 81.8 Å². The molecule has 32 heavy (non-hydrogen) atoms. The van der Waals surface area contributed by atoms with Gasteiger partial charge in [-0.2, -0.15) is 0 Å². The van der Waals surface area contributed by atoms with Gasteiger partial charge in [0.05, 0.1) is 20.8 Å². The number of aromatic nitrogens is 1. The van der Waals surface area contributed by atoms with Crippen LogP contribution in [0.25, 0.3) is 10.2 Å². The molecule has 2 aromatic rings. The first kappa shape index (κ1) is 21.8. The van der Waals surface area contributed by atoms with Gasteiger partial charge in [-0.15, -0.1) is 11.3 Å². The summed E-state index contributed by atoms with van der Waals surface area (Å²) in [7, 11) is 0. The maximum atomic E-state index is 12.8. The van der Waals surface area contributed by atoms with E-state index in [4.69, 9.17) is 4.74 Å². The van der Waals surface area contributed by atoms with Crippen molar-refractivity contribution >= 4 is 33.4 Å².